The fourth-order valence-corrected chi connectivity index (χ4v) is 3.41. The molecule has 1 heterocycles. The van der Waals surface area contributed by atoms with E-state index in [2.05, 4.69) is 38.7 Å². The monoisotopic (exact) mass is 344 g/mol. The molecule has 128 valence electrons. The van der Waals surface area contributed by atoms with Crippen molar-refractivity contribution in [3.63, 3.8) is 0 Å². The average Bonchev–Trinajstić information content (AvgIpc) is 2.94. The first-order valence-corrected chi connectivity index (χ1v) is 9.05. The number of esters is 1. The summed E-state index contributed by atoms with van der Waals surface area (Å²) >= 11 is 1.37. The van der Waals surface area contributed by atoms with Crippen LogP contribution in [0.25, 0.3) is 6.08 Å². The van der Waals surface area contributed by atoms with Crippen molar-refractivity contribution >= 4 is 29.2 Å². The minimum atomic E-state index is -0.331. The number of rotatable bonds is 3. The molecule has 1 fully saturated rings. The van der Waals surface area contributed by atoms with Crippen LogP contribution in [0.5, 0.6) is 0 Å². The molecule has 0 aliphatic heterocycles. The second kappa shape index (κ2) is 7.81. The molecule has 0 N–H and O–H groups in total. The van der Waals surface area contributed by atoms with Gasteiger partial charge >= 0.3 is 5.97 Å². The van der Waals surface area contributed by atoms with Gasteiger partial charge in [0.2, 0.25) is 0 Å². The molecular formula is C20H24O3S. The van der Waals surface area contributed by atoms with E-state index in [1.165, 1.54) is 18.4 Å². The summed E-state index contributed by atoms with van der Waals surface area (Å²) in [7, 11) is 1.39. The summed E-state index contributed by atoms with van der Waals surface area (Å²) in [5.41, 5.74) is 0.766. The topological polar surface area (TPSA) is 43.4 Å². The lowest BCUT2D eigenvalue weighted by Crippen LogP contribution is -2.11. The van der Waals surface area contributed by atoms with Gasteiger partial charge < -0.3 is 4.74 Å². The van der Waals surface area contributed by atoms with Gasteiger partial charge in [-0.3, -0.25) is 4.79 Å². The molecule has 0 bridgehead atoms. The minimum Gasteiger partial charge on any atom is -0.465 e. The zero-order valence-corrected chi connectivity index (χ0v) is 15.6. The van der Waals surface area contributed by atoms with Crippen molar-refractivity contribution in [2.75, 3.05) is 7.11 Å². The highest BCUT2D eigenvalue weighted by Gasteiger charge is 2.18. The SMILES string of the molecule is COC(=O)c1sc(C#CC(C)(C)C)cc1/C=C\C1CCC(=O)CC1. The van der Waals surface area contributed by atoms with E-state index in [1.54, 1.807) is 0 Å². The van der Waals surface area contributed by atoms with Gasteiger partial charge in [0, 0.05) is 23.8 Å². The van der Waals surface area contributed by atoms with E-state index in [0.29, 0.717) is 29.4 Å². The fraction of sp³-hybridized carbons (Fsp3) is 0.500. The number of Topliss-reactive ketones (excluding diaryl/α,β-unsaturated/α-hetero) is 1. The Kier molecular flexibility index (Phi) is 6.01. The van der Waals surface area contributed by atoms with Crippen molar-refractivity contribution in [3.8, 4) is 11.8 Å². The number of methoxy groups -OCH3 is 1. The van der Waals surface area contributed by atoms with Crippen LogP contribution in [-0.4, -0.2) is 18.9 Å². The van der Waals surface area contributed by atoms with Crippen LogP contribution in [-0.2, 0) is 9.53 Å². The maximum Gasteiger partial charge on any atom is 0.348 e. The van der Waals surface area contributed by atoms with E-state index in [9.17, 15) is 9.59 Å². The number of ketones is 1. The van der Waals surface area contributed by atoms with Crippen molar-refractivity contribution in [1.29, 1.82) is 0 Å². The molecule has 0 amide bonds. The Morgan fingerprint density at radius 2 is 2.00 bits per heavy atom. The summed E-state index contributed by atoms with van der Waals surface area (Å²) in [6.07, 6.45) is 7.19. The Labute approximate surface area is 148 Å². The highest BCUT2D eigenvalue weighted by Crippen LogP contribution is 2.28. The van der Waals surface area contributed by atoms with Gasteiger partial charge in [-0.05, 0) is 45.6 Å². The van der Waals surface area contributed by atoms with Gasteiger partial charge in [0.05, 0.1) is 12.0 Å². The molecule has 4 heteroatoms. The van der Waals surface area contributed by atoms with Crippen LogP contribution in [0.2, 0.25) is 0 Å². The van der Waals surface area contributed by atoms with Crippen molar-refractivity contribution in [2.24, 2.45) is 11.3 Å². The Balaban J connectivity index is 2.23. The summed E-state index contributed by atoms with van der Waals surface area (Å²) in [5, 5.41) is 0. The maximum absolute atomic E-state index is 12.0. The Hall–Kier alpha value is -1.86. The van der Waals surface area contributed by atoms with Gasteiger partial charge in [0.25, 0.3) is 0 Å². The molecule has 1 aromatic rings. The molecule has 0 atom stereocenters. The first kappa shape index (κ1) is 18.5. The first-order chi connectivity index (χ1) is 11.3. The molecule has 1 aliphatic carbocycles. The van der Waals surface area contributed by atoms with Crippen molar-refractivity contribution in [1.82, 2.24) is 0 Å². The smallest absolute Gasteiger partial charge is 0.348 e. The number of thiophene rings is 1. The normalized spacial score (nSPS) is 16.1. The highest BCUT2D eigenvalue weighted by atomic mass is 32.1. The number of hydrogen-bond acceptors (Lipinski definition) is 4. The minimum absolute atomic E-state index is 0.0833. The van der Waals surface area contributed by atoms with E-state index in [-0.39, 0.29) is 11.4 Å². The predicted octanol–water partition coefficient (Wildman–Crippen LogP) is 4.70. The zero-order chi connectivity index (χ0) is 17.7. The van der Waals surface area contributed by atoms with Gasteiger partial charge in [-0.2, -0.15) is 0 Å². The molecule has 24 heavy (non-hydrogen) atoms. The third-order valence-corrected chi connectivity index (χ3v) is 4.87. The zero-order valence-electron chi connectivity index (χ0n) is 14.8. The van der Waals surface area contributed by atoms with Crippen LogP contribution >= 0.6 is 11.3 Å². The molecular weight excluding hydrogens is 320 g/mol. The number of allylic oxidation sites excluding steroid dienone is 1. The van der Waals surface area contributed by atoms with E-state index in [4.69, 9.17) is 4.74 Å². The van der Waals surface area contributed by atoms with Crippen LogP contribution in [0.15, 0.2) is 12.1 Å². The predicted molar refractivity (Wildman–Crippen MR) is 98.0 cm³/mol. The molecule has 1 aromatic heterocycles. The fourth-order valence-electron chi connectivity index (χ4n) is 2.49. The van der Waals surface area contributed by atoms with Gasteiger partial charge in [0.1, 0.15) is 10.7 Å². The summed E-state index contributed by atoms with van der Waals surface area (Å²) in [6.45, 7) is 6.17. The molecule has 0 aromatic carbocycles. The van der Waals surface area contributed by atoms with E-state index in [0.717, 1.165) is 23.3 Å². The van der Waals surface area contributed by atoms with Crippen LogP contribution in [0.3, 0.4) is 0 Å². The quantitative estimate of drug-likeness (QED) is 0.589. The van der Waals surface area contributed by atoms with Gasteiger partial charge in [0.15, 0.2) is 0 Å². The molecule has 0 saturated heterocycles. The summed E-state index contributed by atoms with van der Waals surface area (Å²) in [6, 6.07) is 1.94. The van der Waals surface area contributed by atoms with E-state index >= 15 is 0 Å². The standard InChI is InChI=1S/C20H24O3S/c1-20(2,3)12-11-17-13-15(18(24-17)19(22)23-4)8-5-14-6-9-16(21)10-7-14/h5,8,13-14H,6-7,9-10H2,1-4H3/b8-5-. The molecule has 1 aliphatic rings. The number of carbonyl (C=O) groups is 2. The van der Waals surface area contributed by atoms with Crippen molar-refractivity contribution < 1.29 is 14.3 Å². The Morgan fingerprint density at radius 3 is 2.58 bits per heavy atom. The lowest BCUT2D eigenvalue weighted by atomic mass is 9.88. The van der Waals surface area contributed by atoms with Gasteiger partial charge in [-0.1, -0.05) is 24.0 Å². The molecule has 2 rings (SSSR count). The van der Waals surface area contributed by atoms with E-state index < -0.39 is 0 Å². The number of ether oxygens (including phenoxy) is 1. The van der Waals surface area contributed by atoms with Gasteiger partial charge in [-0.25, -0.2) is 4.79 Å². The lowest BCUT2D eigenvalue weighted by molar-refractivity contribution is -0.120. The molecule has 1 saturated carbocycles. The Morgan fingerprint density at radius 1 is 1.33 bits per heavy atom. The third-order valence-electron chi connectivity index (χ3n) is 3.83. The lowest BCUT2D eigenvalue weighted by Gasteiger charge is -2.16. The molecule has 0 spiro atoms. The van der Waals surface area contributed by atoms with Gasteiger partial charge in [-0.15, -0.1) is 11.3 Å². The summed E-state index contributed by atoms with van der Waals surface area (Å²) in [4.78, 5) is 24.8. The van der Waals surface area contributed by atoms with Crippen LogP contribution in [0, 0.1) is 23.2 Å². The highest BCUT2D eigenvalue weighted by molar-refractivity contribution is 7.14. The van der Waals surface area contributed by atoms with Crippen LogP contribution in [0.1, 0.15) is 66.6 Å². The molecule has 3 nitrogen and oxygen atoms in total. The largest absolute Gasteiger partial charge is 0.465 e. The number of hydrogen-bond donors (Lipinski definition) is 0. The van der Waals surface area contributed by atoms with Crippen molar-refractivity contribution in [2.45, 2.75) is 46.5 Å². The van der Waals surface area contributed by atoms with Crippen LogP contribution in [0.4, 0.5) is 0 Å². The number of carbonyl (C=O) groups excluding carboxylic acids is 2. The third kappa shape index (κ3) is 5.35. The van der Waals surface area contributed by atoms with E-state index in [1.807, 2.05) is 12.1 Å². The summed E-state index contributed by atoms with van der Waals surface area (Å²) in [5.74, 6) is 6.76. The van der Waals surface area contributed by atoms with Crippen LogP contribution < -0.4 is 0 Å². The average molecular weight is 344 g/mol. The Bertz CT molecular complexity index is 697. The second-order valence-electron chi connectivity index (χ2n) is 7.12. The van der Waals surface area contributed by atoms with Crippen molar-refractivity contribution in [3.05, 3.63) is 27.5 Å². The maximum atomic E-state index is 12.0. The molecule has 0 unspecified atom stereocenters. The summed E-state index contributed by atoms with van der Waals surface area (Å²) < 4.78 is 4.89. The first-order valence-electron chi connectivity index (χ1n) is 8.24. The second-order valence-corrected chi connectivity index (χ2v) is 8.17. The molecule has 0 radical (unpaired) electrons.